The molecule has 0 nitrogen and oxygen atoms in total. The van der Waals surface area contributed by atoms with Crippen molar-refractivity contribution >= 4 is 51.4 Å². The Balaban J connectivity index is 0. The minimum atomic E-state index is 0. The Morgan fingerprint density at radius 3 is 1.75 bits per heavy atom. The Bertz CT molecular complexity index is 10.8. The van der Waals surface area contributed by atoms with Crippen LogP contribution in [-0.2, 0) is 0 Å². The molecule has 0 fully saturated rings. The van der Waals surface area contributed by atoms with Gasteiger partial charge in [-0.3, -0.25) is 0 Å². The predicted molar refractivity (Wildman–Crippen MR) is 23.0 cm³/mol. The van der Waals surface area contributed by atoms with Crippen LogP contribution in [0, 0.1) is 0 Å². The molecule has 0 aliphatic carbocycles. The Morgan fingerprint density at radius 2 is 1.75 bits per heavy atom. The van der Waals surface area contributed by atoms with Crippen molar-refractivity contribution in [2.24, 2.45) is 0 Å². The van der Waals surface area contributed by atoms with Crippen LogP contribution in [0.2, 0.25) is 0 Å². The van der Waals surface area contributed by atoms with Crippen LogP contribution in [0.1, 0.15) is 6.92 Å². The zero-order chi connectivity index (χ0) is 2.71. The van der Waals surface area contributed by atoms with Gasteiger partial charge in [-0.1, -0.05) is 6.08 Å². The van der Waals surface area contributed by atoms with E-state index in [0.29, 0.717) is 0 Å². The van der Waals surface area contributed by atoms with Crippen LogP contribution in [0.4, 0.5) is 0 Å². The van der Waals surface area contributed by atoms with Crippen molar-refractivity contribution in [1.82, 2.24) is 0 Å². The molecule has 0 amide bonds. The molecule has 0 aliphatic heterocycles. The van der Waals surface area contributed by atoms with Gasteiger partial charge in [0.1, 0.15) is 0 Å². The second-order valence-corrected chi connectivity index (χ2v) is 0.408. The van der Waals surface area contributed by atoms with E-state index in [4.69, 9.17) is 0 Å². The van der Waals surface area contributed by atoms with Crippen molar-refractivity contribution in [2.75, 3.05) is 0 Å². The molecule has 0 spiro atoms. The van der Waals surface area contributed by atoms with Gasteiger partial charge in [-0.2, -0.15) is 0 Å². The maximum atomic E-state index is 3.36. The molecule has 0 unspecified atom stereocenters. The molecule has 0 radical (unpaired) electrons. The van der Waals surface area contributed by atoms with E-state index < -0.39 is 0 Å². The summed E-state index contributed by atoms with van der Waals surface area (Å²) in [4.78, 5) is 0. The Labute approximate surface area is 69.7 Å². The second kappa shape index (κ2) is 8.83. The third kappa shape index (κ3) is 10.1. The van der Waals surface area contributed by atoms with E-state index in [2.05, 4.69) is 6.58 Å². The van der Waals surface area contributed by atoms with Gasteiger partial charge in [0.2, 0.25) is 0 Å². The van der Waals surface area contributed by atoms with Gasteiger partial charge in [0.15, 0.2) is 0 Å². The standard InChI is InChI=1S/C3H6.K.H/c1-3-2;;/h3H,1H2,2H3;;. The summed E-state index contributed by atoms with van der Waals surface area (Å²) in [6.07, 6.45) is 1.75. The molecule has 0 aromatic rings. The molecule has 0 aromatic carbocycles. The number of allylic oxidation sites excluding steroid dienone is 1. The van der Waals surface area contributed by atoms with Gasteiger partial charge in [0, 0.05) is 0 Å². The van der Waals surface area contributed by atoms with Crippen LogP contribution in [0.3, 0.4) is 0 Å². The van der Waals surface area contributed by atoms with E-state index >= 15 is 0 Å². The summed E-state index contributed by atoms with van der Waals surface area (Å²) in [5, 5.41) is 0. The quantitative estimate of drug-likeness (QED) is 0.295. The fraction of sp³-hybridized carbons (Fsp3) is 0.333. The SMILES string of the molecule is C=CC.[KH]. The Hall–Kier alpha value is 1.38. The summed E-state index contributed by atoms with van der Waals surface area (Å²) >= 11 is 0. The van der Waals surface area contributed by atoms with Crippen molar-refractivity contribution in [3.8, 4) is 0 Å². The fourth-order valence-electron chi connectivity index (χ4n) is 0. The van der Waals surface area contributed by atoms with Crippen molar-refractivity contribution in [1.29, 1.82) is 0 Å². The van der Waals surface area contributed by atoms with Crippen LogP contribution < -0.4 is 0 Å². The van der Waals surface area contributed by atoms with Gasteiger partial charge >= 0.3 is 51.4 Å². The minimum absolute atomic E-state index is 0. The van der Waals surface area contributed by atoms with E-state index in [0.717, 1.165) is 0 Å². The fourth-order valence-corrected chi connectivity index (χ4v) is 0. The third-order valence-electron chi connectivity index (χ3n) is 0. The van der Waals surface area contributed by atoms with Crippen LogP contribution in [0.25, 0.3) is 0 Å². The maximum absolute atomic E-state index is 3.36. The van der Waals surface area contributed by atoms with E-state index in [1.54, 1.807) is 6.08 Å². The van der Waals surface area contributed by atoms with E-state index in [1.165, 1.54) is 0 Å². The summed E-state index contributed by atoms with van der Waals surface area (Å²) in [5.41, 5.74) is 0. The average Bonchev–Trinajstić information content (AvgIpc) is 0.918. The van der Waals surface area contributed by atoms with Gasteiger partial charge in [-0.15, -0.1) is 6.58 Å². The summed E-state index contributed by atoms with van der Waals surface area (Å²) < 4.78 is 0. The van der Waals surface area contributed by atoms with E-state index in [9.17, 15) is 0 Å². The predicted octanol–water partition coefficient (Wildman–Crippen LogP) is 0.544. The topological polar surface area (TPSA) is 0 Å². The zero-order valence-corrected chi connectivity index (χ0v) is 2.28. The van der Waals surface area contributed by atoms with Crippen molar-refractivity contribution in [3.63, 3.8) is 0 Å². The number of hydrogen-bond donors (Lipinski definition) is 0. The zero-order valence-electron chi connectivity index (χ0n) is 2.28. The van der Waals surface area contributed by atoms with Gasteiger partial charge < -0.3 is 0 Å². The van der Waals surface area contributed by atoms with E-state index in [1.807, 2.05) is 6.92 Å². The molecular formula is C3H7K. The molecule has 0 rings (SSSR count). The normalized spacial score (nSPS) is 3.25. The van der Waals surface area contributed by atoms with Crippen LogP contribution in [0.15, 0.2) is 12.7 Å². The Kier molecular flexibility index (Phi) is 20.0. The first-order valence-corrected chi connectivity index (χ1v) is 0.986. The molecule has 4 heavy (non-hydrogen) atoms. The molecule has 0 heterocycles. The first-order valence-electron chi connectivity index (χ1n) is 0.986. The van der Waals surface area contributed by atoms with Gasteiger partial charge in [0.25, 0.3) is 0 Å². The molecule has 0 aliphatic rings. The molecule has 0 N–H and O–H groups in total. The first-order chi connectivity index (χ1) is 1.41. The van der Waals surface area contributed by atoms with Gasteiger partial charge in [0.05, 0.1) is 0 Å². The van der Waals surface area contributed by atoms with Crippen molar-refractivity contribution < 1.29 is 0 Å². The summed E-state index contributed by atoms with van der Waals surface area (Å²) in [5.74, 6) is 0. The molecule has 0 aromatic heterocycles. The molecule has 0 saturated carbocycles. The Morgan fingerprint density at radius 1 is 1.75 bits per heavy atom. The van der Waals surface area contributed by atoms with Gasteiger partial charge in [-0.25, -0.2) is 0 Å². The van der Waals surface area contributed by atoms with Gasteiger partial charge in [-0.05, 0) is 6.92 Å². The molecule has 1 heteroatoms. The summed E-state index contributed by atoms with van der Waals surface area (Å²) in [6.45, 7) is 5.25. The monoisotopic (exact) mass is 82.0 g/mol. The molecule has 0 atom stereocenters. The van der Waals surface area contributed by atoms with Crippen LogP contribution >= 0.6 is 0 Å². The van der Waals surface area contributed by atoms with Crippen LogP contribution in [-0.4, -0.2) is 51.4 Å². The van der Waals surface area contributed by atoms with Crippen molar-refractivity contribution in [2.45, 2.75) is 6.92 Å². The summed E-state index contributed by atoms with van der Waals surface area (Å²) in [7, 11) is 0. The number of hydrogen-bond acceptors (Lipinski definition) is 0. The summed E-state index contributed by atoms with van der Waals surface area (Å²) in [6, 6.07) is 0. The van der Waals surface area contributed by atoms with E-state index in [-0.39, 0.29) is 51.4 Å². The average molecular weight is 82.2 g/mol. The molecule has 0 saturated heterocycles. The number of rotatable bonds is 0. The first kappa shape index (κ1) is 9.03. The second-order valence-electron chi connectivity index (χ2n) is 0.408. The molecule has 20 valence electrons. The van der Waals surface area contributed by atoms with Crippen LogP contribution in [0.5, 0.6) is 0 Å². The molecule has 0 bridgehead atoms. The third-order valence-corrected chi connectivity index (χ3v) is 0. The molecular weight excluding hydrogens is 75.1 g/mol. The van der Waals surface area contributed by atoms with Crippen molar-refractivity contribution in [3.05, 3.63) is 12.7 Å².